The Bertz CT molecular complexity index is 332. The average molecular weight is 211 g/mol. The standard InChI is InChI=1S/C11H14FNO2/c12-9-3-1-2-8(4-9)5-11-14-7-10(6-13)15-11/h1-4,10-11H,5-7,13H2. The van der Waals surface area contributed by atoms with Crippen molar-refractivity contribution in [2.75, 3.05) is 13.2 Å². The predicted molar refractivity (Wildman–Crippen MR) is 53.8 cm³/mol. The van der Waals surface area contributed by atoms with Gasteiger partial charge in [0.15, 0.2) is 6.29 Å². The molecule has 0 aromatic heterocycles. The van der Waals surface area contributed by atoms with Crippen LogP contribution in [-0.2, 0) is 15.9 Å². The minimum atomic E-state index is -0.291. The first-order chi connectivity index (χ1) is 7.28. The van der Waals surface area contributed by atoms with Crippen molar-refractivity contribution in [3.8, 4) is 0 Å². The van der Waals surface area contributed by atoms with Crippen molar-refractivity contribution in [1.29, 1.82) is 0 Å². The number of hydrogen-bond acceptors (Lipinski definition) is 3. The Morgan fingerprint density at radius 1 is 1.47 bits per heavy atom. The average Bonchev–Trinajstić information content (AvgIpc) is 2.65. The molecule has 1 aromatic rings. The molecule has 1 saturated heterocycles. The molecule has 1 fully saturated rings. The van der Waals surface area contributed by atoms with Gasteiger partial charge in [-0.3, -0.25) is 0 Å². The highest BCUT2D eigenvalue weighted by Gasteiger charge is 2.24. The molecule has 2 rings (SSSR count). The van der Waals surface area contributed by atoms with Gasteiger partial charge < -0.3 is 15.2 Å². The zero-order valence-electron chi connectivity index (χ0n) is 8.36. The fraction of sp³-hybridized carbons (Fsp3) is 0.455. The molecule has 4 heteroatoms. The van der Waals surface area contributed by atoms with E-state index in [1.165, 1.54) is 12.1 Å². The SMILES string of the molecule is NCC1COC(Cc2cccc(F)c2)O1. The number of hydrogen-bond donors (Lipinski definition) is 1. The molecular weight excluding hydrogens is 197 g/mol. The maximum absolute atomic E-state index is 12.9. The third-order valence-corrected chi connectivity index (χ3v) is 2.37. The molecule has 0 saturated carbocycles. The van der Waals surface area contributed by atoms with Gasteiger partial charge in [-0.15, -0.1) is 0 Å². The first-order valence-corrected chi connectivity index (χ1v) is 4.99. The summed E-state index contributed by atoms with van der Waals surface area (Å²) in [4.78, 5) is 0. The highest BCUT2D eigenvalue weighted by atomic mass is 19.1. The summed E-state index contributed by atoms with van der Waals surface area (Å²) < 4.78 is 23.7. The Balaban J connectivity index is 1.92. The first-order valence-electron chi connectivity index (χ1n) is 4.99. The van der Waals surface area contributed by atoms with Crippen LogP contribution in [0.4, 0.5) is 4.39 Å². The van der Waals surface area contributed by atoms with Crippen LogP contribution in [0.15, 0.2) is 24.3 Å². The highest BCUT2D eigenvalue weighted by molar-refractivity contribution is 5.16. The van der Waals surface area contributed by atoms with Crippen LogP contribution in [-0.4, -0.2) is 25.5 Å². The van der Waals surface area contributed by atoms with Crippen LogP contribution < -0.4 is 5.73 Å². The summed E-state index contributed by atoms with van der Waals surface area (Å²) in [6, 6.07) is 6.44. The van der Waals surface area contributed by atoms with Crippen LogP contribution in [0.2, 0.25) is 0 Å². The molecule has 2 atom stereocenters. The van der Waals surface area contributed by atoms with E-state index in [4.69, 9.17) is 15.2 Å². The van der Waals surface area contributed by atoms with Crippen molar-refractivity contribution in [2.45, 2.75) is 18.8 Å². The normalized spacial score (nSPS) is 25.7. The molecule has 0 bridgehead atoms. The molecule has 1 aliphatic rings. The molecule has 15 heavy (non-hydrogen) atoms. The van der Waals surface area contributed by atoms with Crippen LogP contribution >= 0.6 is 0 Å². The lowest BCUT2D eigenvalue weighted by Crippen LogP contribution is -2.23. The summed E-state index contributed by atoms with van der Waals surface area (Å²) >= 11 is 0. The van der Waals surface area contributed by atoms with Gasteiger partial charge >= 0.3 is 0 Å². The van der Waals surface area contributed by atoms with Crippen molar-refractivity contribution in [1.82, 2.24) is 0 Å². The van der Waals surface area contributed by atoms with Crippen molar-refractivity contribution >= 4 is 0 Å². The Hall–Kier alpha value is -0.970. The molecule has 1 aromatic carbocycles. The van der Waals surface area contributed by atoms with Crippen molar-refractivity contribution in [2.24, 2.45) is 5.73 Å². The molecule has 2 N–H and O–H groups in total. The van der Waals surface area contributed by atoms with Gasteiger partial charge in [-0.1, -0.05) is 12.1 Å². The quantitative estimate of drug-likeness (QED) is 0.813. The van der Waals surface area contributed by atoms with E-state index >= 15 is 0 Å². The Morgan fingerprint density at radius 2 is 2.33 bits per heavy atom. The monoisotopic (exact) mass is 211 g/mol. The van der Waals surface area contributed by atoms with Gasteiger partial charge in [0.25, 0.3) is 0 Å². The second kappa shape index (κ2) is 4.70. The minimum absolute atomic E-state index is 0.0245. The van der Waals surface area contributed by atoms with Gasteiger partial charge in [-0.25, -0.2) is 4.39 Å². The van der Waals surface area contributed by atoms with E-state index in [9.17, 15) is 4.39 Å². The van der Waals surface area contributed by atoms with Gasteiger partial charge in [0.1, 0.15) is 5.82 Å². The number of benzene rings is 1. The zero-order chi connectivity index (χ0) is 10.7. The van der Waals surface area contributed by atoms with Gasteiger partial charge in [0.05, 0.1) is 12.7 Å². The molecule has 3 nitrogen and oxygen atoms in total. The fourth-order valence-corrected chi connectivity index (χ4v) is 1.59. The molecule has 0 aliphatic carbocycles. The van der Waals surface area contributed by atoms with Gasteiger partial charge in [-0.2, -0.15) is 0 Å². The molecule has 82 valence electrons. The molecule has 0 radical (unpaired) electrons. The largest absolute Gasteiger partial charge is 0.350 e. The summed E-state index contributed by atoms with van der Waals surface area (Å²) in [6.45, 7) is 0.982. The van der Waals surface area contributed by atoms with Crippen LogP contribution in [0.3, 0.4) is 0 Å². The van der Waals surface area contributed by atoms with Crippen LogP contribution in [0.5, 0.6) is 0 Å². The Morgan fingerprint density at radius 3 is 3.00 bits per heavy atom. The Labute approximate surface area is 88.0 Å². The maximum Gasteiger partial charge on any atom is 0.162 e. The Kier molecular flexibility index (Phi) is 3.30. The van der Waals surface area contributed by atoms with E-state index in [-0.39, 0.29) is 18.2 Å². The van der Waals surface area contributed by atoms with E-state index in [1.54, 1.807) is 6.07 Å². The number of nitrogens with two attached hydrogens (primary N) is 1. The first kappa shape index (κ1) is 10.5. The van der Waals surface area contributed by atoms with E-state index in [0.717, 1.165) is 5.56 Å². The number of ether oxygens (including phenoxy) is 2. The summed E-state index contributed by atoms with van der Waals surface area (Å²) in [7, 11) is 0. The van der Waals surface area contributed by atoms with E-state index in [2.05, 4.69) is 0 Å². The molecule has 0 amide bonds. The second-order valence-electron chi connectivity index (χ2n) is 3.59. The van der Waals surface area contributed by atoms with Crippen LogP contribution in [0.1, 0.15) is 5.56 Å². The third kappa shape index (κ3) is 2.75. The van der Waals surface area contributed by atoms with Crippen LogP contribution in [0.25, 0.3) is 0 Å². The molecule has 1 heterocycles. The van der Waals surface area contributed by atoms with E-state index in [1.807, 2.05) is 6.07 Å². The van der Waals surface area contributed by atoms with Gasteiger partial charge in [-0.05, 0) is 17.7 Å². The molecule has 2 unspecified atom stereocenters. The maximum atomic E-state index is 12.9. The predicted octanol–water partition coefficient (Wildman–Crippen LogP) is 1.07. The lowest BCUT2D eigenvalue weighted by Gasteiger charge is -2.10. The third-order valence-electron chi connectivity index (χ3n) is 2.37. The summed E-state index contributed by atoms with van der Waals surface area (Å²) in [5, 5.41) is 0. The highest BCUT2D eigenvalue weighted by Crippen LogP contribution is 2.16. The zero-order valence-corrected chi connectivity index (χ0v) is 8.36. The van der Waals surface area contributed by atoms with E-state index in [0.29, 0.717) is 19.6 Å². The topological polar surface area (TPSA) is 44.5 Å². The van der Waals surface area contributed by atoms with Crippen molar-refractivity contribution in [3.63, 3.8) is 0 Å². The lowest BCUT2D eigenvalue weighted by molar-refractivity contribution is -0.0542. The summed E-state index contributed by atoms with van der Waals surface area (Å²) in [5.74, 6) is -0.235. The number of rotatable bonds is 3. The summed E-state index contributed by atoms with van der Waals surface area (Å²) in [5.41, 5.74) is 6.32. The van der Waals surface area contributed by atoms with Crippen molar-refractivity contribution in [3.05, 3.63) is 35.6 Å². The number of halogens is 1. The summed E-state index contributed by atoms with van der Waals surface area (Å²) in [6.07, 6.45) is 0.248. The molecule has 0 spiro atoms. The van der Waals surface area contributed by atoms with Crippen molar-refractivity contribution < 1.29 is 13.9 Å². The second-order valence-corrected chi connectivity index (χ2v) is 3.59. The lowest BCUT2D eigenvalue weighted by atomic mass is 10.1. The minimum Gasteiger partial charge on any atom is -0.350 e. The smallest absolute Gasteiger partial charge is 0.162 e. The van der Waals surface area contributed by atoms with E-state index < -0.39 is 0 Å². The van der Waals surface area contributed by atoms with Gasteiger partial charge in [0, 0.05) is 13.0 Å². The molecule has 1 aliphatic heterocycles. The molecular formula is C11H14FNO2. The van der Waals surface area contributed by atoms with Crippen LogP contribution in [0, 0.1) is 5.82 Å². The fourth-order valence-electron chi connectivity index (χ4n) is 1.59. The van der Waals surface area contributed by atoms with Gasteiger partial charge in [0.2, 0.25) is 0 Å².